The first-order chi connectivity index (χ1) is 7.83. The van der Waals surface area contributed by atoms with Gasteiger partial charge in [-0.1, -0.05) is 15.9 Å². The van der Waals surface area contributed by atoms with Gasteiger partial charge in [0.25, 0.3) is 0 Å². The van der Waals surface area contributed by atoms with E-state index in [1.54, 1.807) is 0 Å². The van der Waals surface area contributed by atoms with Crippen LogP contribution in [0.15, 0.2) is 16.6 Å². The topological polar surface area (TPSA) is 30.5 Å². The zero-order chi connectivity index (χ0) is 11.0. The maximum Gasteiger partial charge on any atom is 0.231 e. The predicted octanol–water partition coefficient (Wildman–Crippen LogP) is 2.33. The molecular formula is C12H14BrNO2. The van der Waals surface area contributed by atoms with E-state index in [0.29, 0.717) is 6.79 Å². The Morgan fingerprint density at radius 2 is 2.12 bits per heavy atom. The number of fused-ring (bicyclic) bond motifs is 1. The monoisotopic (exact) mass is 283 g/mol. The van der Waals surface area contributed by atoms with Gasteiger partial charge in [0.2, 0.25) is 6.79 Å². The molecule has 1 unspecified atom stereocenters. The van der Waals surface area contributed by atoms with Crippen LogP contribution in [-0.2, 0) is 6.42 Å². The van der Waals surface area contributed by atoms with Crippen molar-refractivity contribution >= 4 is 15.9 Å². The Balaban J connectivity index is 1.83. The first-order valence-electron chi connectivity index (χ1n) is 5.61. The van der Waals surface area contributed by atoms with Crippen molar-refractivity contribution < 1.29 is 9.47 Å². The lowest BCUT2D eigenvalue weighted by molar-refractivity contribution is 0.174. The van der Waals surface area contributed by atoms with Crippen molar-refractivity contribution in [2.24, 2.45) is 5.92 Å². The molecule has 0 amide bonds. The number of benzene rings is 1. The summed E-state index contributed by atoms with van der Waals surface area (Å²) in [6, 6.07) is 4.12. The molecule has 2 heterocycles. The fraction of sp³-hybridized carbons (Fsp3) is 0.500. The average Bonchev–Trinajstić information content (AvgIpc) is 2.89. The standard InChI is InChI=1S/C12H14BrNO2/c13-10-5-12-11(15-7-16-12)4-9(10)3-8-1-2-14-6-8/h4-5,8,14H,1-3,6-7H2. The minimum atomic E-state index is 0.343. The van der Waals surface area contributed by atoms with Crippen LogP contribution in [0.2, 0.25) is 0 Å². The van der Waals surface area contributed by atoms with E-state index in [4.69, 9.17) is 9.47 Å². The second-order valence-electron chi connectivity index (χ2n) is 4.36. The highest BCUT2D eigenvalue weighted by molar-refractivity contribution is 9.10. The van der Waals surface area contributed by atoms with Crippen LogP contribution in [-0.4, -0.2) is 19.9 Å². The van der Waals surface area contributed by atoms with Gasteiger partial charge in [-0.3, -0.25) is 0 Å². The van der Waals surface area contributed by atoms with Gasteiger partial charge in [0.15, 0.2) is 11.5 Å². The summed E-state index contributed by atoms with van der Waals surface area (Å²) in [6.45, 7) is 2.62. The zero-order valence-electron chi connectivity index (χ0n) is 8.96. The lowest BCUT2D eigenvalue weighted by Gasteiger charge is -2.10. The van der Waals surface area contributed by atoms with E-state index in [1.165, 1.54) is 12.0 Å². The number of hydrogen-bond acceptors (Lipinski definition) is 3. The second kappa shape index (κ2) is 4.26. The van der Waals surface area contributed by atoms with Gasteiger partial charge in [0.1, 0.15) is 0 Å². The molecule has 0 bridgehead atoms. The van der Waals surface area contributed by atoms with Crippen LogP contribution >= 0.6 is 15.9 Å². The molecule has 1 fully saturated rings. The van der Waals surface area contributed by atoms with Gasteiger partial charge in [-0.25, -0.2) is 0 Å². The van der Waals surface area contributed by atoms with E-state index in [1.807, 2.05) is 6.07 Å². The SMILES string of the molecule is Brc1cc2c(cc1CC1CCNC1)OCO2. The average molecular weight is 284 g/mol. The van der Waals surface area contributed by atoms with Crippen LogP contribution < -0.4 is 14.8 Å². The molecule has 1 aromatic rings. The summed E-state index contributed by atoms with van der Waals surface area (Å²) in [5, 5.41) is 3.39. The Hall–Kier alpha value is -0.740. The molecule has 0 saturated carbocycles. The van der Waals surface area contributed by atoms with Gasteiger partial charge < -0.3 is 14.8 Å². The molecule has 16 heavy (non-hydrogen) atoms. The van der Waals surface area contributed by atoms with Crippen molar-refractivity contribution in [2.75, 3.05) is 19.9 Å². The number of hydrogen-bond donors (Lipinski definition) is 1. The molecule has 3 rings (SSSR count). The van der Waals surface area contributed by atoms with Crippen molar-refractivity contribution in [1.29, 1.82) is 0 Å². The normalized spacial score (nSPS) is 22.7. The smallest absolute Gasteiger partial charge is 0.231 e. The summed E-state index contributed by atoms with van der Waals surface area (Å²) in [4.78, 5) is 0. The molecule has 2 aliphatic rings. The summed E-state index contributed by atoms with van der Waals surface area (Å²) in [7, 11) is 0. The molecule has 1 aromatic carbocycles. The molecule has 3 nitrogen and oxygen atoms in total. The zero-order valence-corrected chi connectivity index (χ0v) is 10.5. The van der Waals surface area contributed by atoms with E-state index in [2.05, 4.69) is 27.3 Å². The van der Waals surface area contributed by atoms with Crippen LogP contribution in [0, 0.1) is 5.92 Å². The van der Waals surface area contributed by atoms with Crippen molar-refractivity contribution in [3.63, 3.8) is 0 Å². The highest BCUT2D eigenvalue weighted by Gasteiger charge is 2.20. The maximum absolute atomic E-state index is 5.40. The van der Waals surface area contributed by atoms with Gasteiger partial charge in [-0.2, -0.15) is 0 Å². The third kappa shape index (κ3) is 1.92. The van der Waals surface area contributed by atoms with Crippen LogP contribution in [0.3, 0.4) is 0 Å². The molecule has 1 atom stereocenters. The Kier molecular flexibility index (Phi) is 2.77. The predicted molar refractivity (Wildman–Crippen MR) is 64.9 cm³/mol. The Morgan fingerprint density at radius 1 is 1.31 bits per heavy atom. The highest BCUT2D eigenvalue weighted by atomic mass is 79.9. The van der Waals surface area contributed by atoms with Crippen LogP contribution in [0.4, 0.5) is 0 Å². The van der Waals surface area contributed by atoms with Crippen molar-refractivity contribution in [3.8, 4) is 11.5 Å². The van der Waals surface area contributed by atoms with Crippen LogP contribution in [0.1, 0.15) is 12.0 Å². The molecule has 0 radical (unpaired) electrons. The number of halogens is 1. The molecule has 86 valence electrons. The molecule has 2 aliphatic heterocycles. The van der Waals surface area contributed by atoms with E-state index >= 15 is 0 Å². The van der Waals surface area contributed by atoms with Gasteiger partial charge in [0.05, 0.1) is 0 Å². The molecule has 0 aromatic heterocycles. The van der Waals surface area contributed by atoms with Gasteiger partial charge in [0, 0.05) is 4.47 Å². The van der Waals surface area contributed by atoms with E-state index in [0.717, 1.165) is 41.4 Å². The van der Waals surface area contributed by atoms with E-state index in [9.17, 15) is 0 Å². The molecule has 0 spiro atoms. The number of nitrogens with one attached hydrogen (secondary N) is 1. The summed E-state index contributed by atoms with van der Waals surface area (Å²) in [5.74, 6) is 2.47. The fourth-order valence-electron chi connectivity index (χ4n) is 2.32. The first-order valence-corrected chi connectivity index (χ1v) is 6.41. The summed E-state index contributed by atoms with van der Waals surface area (Å²) in [6.07, 6.45) is 2.37. The molecule has 0 aliphatic carbocycles. The van der Waals surface area contributed by atoms with Gasteiger partial charge in [-0.15, -0.1) is 0 Å². The first kappa shape index (κ1) is 10.4. The van der Waals surface area contributed by atoms with Crippen molar-refractivity contribution in [1.82, 2.24) is 5.32 Å². The van der Waals surface area contributed by atoms with Crippen LogP contribution in [0.25, 0.3) is 0 Å². The third-order valence-corrected chi connectivity index (χ3v) is 3.95. The minimum Gasteiger partial charge on any atom is -0.454 e. The minimum absolute atomic E-state index is 0.343. The highest BCUT2D eigenvalue weighted by Crippen LogP contribution is 2.37. The Morgan fingerprint density at radius 3 is 2.88 bits per heavy atom. The van der Waals surface area contributed by atoms with Gasteiger partial charge in [-0.05, 0) is 49.5 Å². The molecular weight excluding hydrogens is 270 g/mol. The quantitative estimate of drug-likeness (QED) is 0.904. The van der Waals surface area contributed by atoms with Crippen molar-refractivity contribution in [3.05, 3.63) is 22.2 Å². The summed E-state index contributed by atoms with van der Waals surface area (Å²) in [5.41, 5.74) is 1.32. The fourth-order valence-corrected chi connectivity index (χ4v) is 2.80. The summed E-state index contributed by atoms with van der Waals surface area (Å²) >= 11 is 3.60. The lowest BCUT2D eigenvalue weighted by Crippen LogP contribution is -2.10. The largest absolute Gasteiger partial charge is 0.454 e. The third-order valence-electron chi connectivity index (χ3n) is 3.21. The van der Waals surface area contributed by atoms with Gasteiger partial charge >= 0.3 is 0 Å². The number of ether oxygens (including phenoxy) is 2. The number of rotatable bonds is 2. The Bertz CT molecular complexity index is 402. The Labute approximate surface area is 103 Å². The van der Waals surface area contributed by atoms with Crippen LogP contribution in [0.5, 0.6) is 11.5 Å². The summed E-state index contributed by atoms with van der Waals surface area (Å²) < 4.78 is 11.9. The second-order valence-corrected chi connectivity index (χ2v) is 5.21. The molecule has 1 N–H and O–H groups in total. The molecule has 1 saturated heterocycles. The van der Waals surface area contributed by atoms with E-state index < -0.39 is 0 Å². The van der Waals surface area contributed by atoms with Crippen molar-refractivity contribution in [2.45, 2.75) is 12.8 Å². The molecule has 4 heteroatoms. The lowest BCUT2D eigenvalue weighted by atomic mass is 9.98. The maximum atomic E-state index is 5.40. The van der Waals surface area contributed by atoms with E-state index in [-0.39, 0.29) is 0 Å².